The number of ether oxygens (including phenoxy) is 1. The molecule has 0 unspecified atom stereocenters. The Labute approximate surface area is 114 Å². The van der Waals surface area contributed by atoms with E-state index in [1.165, 1.54) is 0 Å². The van der Waals surface area contributed by atoms with Crippen LogP contribution in [0.25, 0.3) is 5.57 Å². The van der Waals surface area contributed by atoms with E-state index in [9.17, 15) is 9.90 Å². The van der Waals surface area contributed by atoms with Crippen molar-refractivity contribution in [3.05, 3.63) is 42.5 Å². The predicted octanol–water partition coefficient (Wildman–Crippen LogP) is 2.59. The highest BCUT2D eigenvalue weighted by atomic mass is 16.6. The fourth-order valence-electron chi connectivity index (χ4n) is 1.55. The minimum atomic E-state index is -0.571. The lowest BCUT2D eigenvalue weighted by atomic mass is 10.0. The van der Waals surface area contributed by atoms with Gasteiger partial charge in [-0.2, -0.15) is 0 Å². The summed E-state index contributed by atoms with van der Waals surface area (Å²) in [6, 6.07) is 8.85. The van der Waals surface area contributed by atoms with E-state index in [2.05, 4.69) is 11.9 Å². The molecule has 4 nitrogen and oxygen atoms in total. The summed E-state index contributed by atoms with van der Waals surface area (Å²) in [7, 11) is 0. The number of amides is 1. The molecular weight excluding hydrogens is 242 g/mol. The van der Waals surface area contributed by atoms with Crippen molar-refractivity contribution in [2.75, 3.05) is 6.61 Å². The largest absolute Gasteiger partial charge is 0.444 e. The minimum absolute atomic E-state index is 0.229. The van der Waals surface area contributed by atoms with Crippen LogP contribution in [-0.2, 0) is 4.74 Å². The molecule has 0 bridgehead atoms. The third-order valence-corrected chi connectivity index (χ3v) is 2.44. The van der Waals surface area contributed by atoms with E-state index < -0.39 is 17.7 Å². The Balaban J connectivity index is 2.69. The number of rotatable bonds is 4. The Morgan fingerprint density at radius 3 is 2.42 bits per heavy atom. The molecule has 0 aliphatic heterocycles. The highest BCUT2D eigenvalue weighted by molar-refractivity contribution is 5.75. The quantitative estimate of drug-likeness (QED) is 0.877. The molecule has 1 aromatic rings. The molecule has 0 saturated heterocycles. The van der Waals surface area contributed by atoms with Crippen LogP contribution in [0.2, 0.25) is 0 Å². The van der Waals surface area contributed by atoms with Crippen LogP contribution < -0.4 is 5.32 Å². The second-order valence-electron chi connectivity index (χ2n) is 5.27. The topological polar surface area (TPSA) is 58.6 Å². The summed E-state index contributed by atoms with van der Waals surface area (Å²) in [5.74, 6) is 0. The van der Waals surface area contributed by atoms with Crippen molar-refractivity contribution in [2.24, 2.45) is 0 Å². The van der Waals surface area contributed by atoms with Crippen molar-refractivity contribution in [3.63, 3.8) is 0 Å². The van der Waals surface area contributed by atoms with Gasteiger partial charge in [0.25, 0.3) is 0 Å². The Kier molecular flexibility index (Phi) is 5.12. The summed E-state index contributed by atoms with van der Waals surface area (Å²) in [6.45, 7) is 9.04. The first kappa shape index (κ1) is 15.2. The average Bonchev–Trinajstić information content (AvgIpc) is 2.34. The van der Waals surface area contributed by atoms with Gasteiger partial charge < -0.3 is 15.2 Å². The fourth-order valence-corrected chi connectivity index (χ4v) is 1.55. The monoisotopic (exact) mass is 263 g/mol. The fraction of sp³-hybridized carbons (Fsp3) is 0.400. The van der Waals surface area contributed by atoms with Gasteiger partial charge in [0.1, 0.15) is 5.60 Å². The molecule has 2 N–H and O–H groups in total. The number of hydrogen-bond acceptors (Lipinski definition) is 3. The van der Waals surface area contributed by atoms with Gasteiger partial charge in [0.2, 0.25) is 0 Å². The highest BCUT2D eigenvalue weighted by Crippen LogP contribution is 2.16. The highest BCUT2D eigenvalue weighted by Gasteiger charge is 2.21. The summed E-state index contributed by atoms with van der Waals surface area (Å²) in [4.78, 5) is 11.7. The molecule has 0 spiro atoms. The summed E-state index contributed by atoms with van der Waals surface area (Å²) >= 11 is 0. The Bertz CT molecular complexity index is 434. The van der Waals surface area contributed by atoms with E-state index in [1.807, 2.05) is 30.3 Å². The second kappa shape index (κ2) is 6.38. The van der Waals surface area contributed by atoms with Gasteiger partial charge in [0.15, 0.2) is 0 Å². The van der Waals surface area contributed by atoms with E-state index in [4.69, 9.17) is 4.74 Å². The first-order valence-corrected chi connectivity index (χ1v) is 6.18. The summed E-state index contributed by atoms with van der Waals surface area (Å²) in [5, 5.41) is 12.0. The number of benzene rings is 1. The number of aliphatic hydroxyl groups excluding tert-OH is 1. The molecule has 0 aliphatic carbocycles. The first-order chi connectivity index (χ1) is 8.83. The SMILES string of the molecule is C=C(c1ccccc1)[C@@H](CO)NC(=O)OC(C)(C)C. The molecule has 104 valence electrons. The Morgan fingerprint density at radius 2 is 1.95 bits per heavy atom. The van der Waals surface area contributed by atoms with Crippen molar-refractivity contribution < 1.29 is 14.6 Å². The van der Waals surface area contributed by atoms with E-state index >= 15 is 0 Å². The van der Waals surface area contributed by atoms with Gasteiger partial charge in [-0.15, -0.1) is 0 Å². The number of carbonyl (C=O) groups is 1. The molecule has 0 heterocycles. The zero-order valence-electron chi connectivity index (χ0n) is 11.6. The molecule has 0 saturated carbocycles. The smallest absolute Gasteiger partial charge is 0.408 e. The predicted molar refractivity (Wildman–Crippen MR) is 75.7 cm³/mol. The van der Waals surface area contributed by atoms with Crippen LogP contribution in [0.1, 0.15) is 26.3 Å². The van der Waals surface area contributed by atoms with Crippen molar-refractivity contribution >= 4 is 11.7 Å². The zero-order chi connectivity index (χ0) is 14.5. The van der Waals surface area contributed by atoms with Crippen LogP contribution in [0.5, 0.6) is 0 Å². The molecular formula is C15H21NO3. The molecule has 1 aromatic carbocycles. The standard InChI is InChI=1S/C15H21NO3/c1-11(12-8-6-5-7-9-12)13(10-17)16-14(18)19-15(2,3)4/h5-9,13,17H,1,10H2,2-4H3,(H,16,18)/t13-/m1/s1. The van der Waals surface area contributed by atoms with E-state index in [0.29, 0.717) is 5.57 Å². The molecule has 1 rings (SSSR count). The number of carbonyl (C=O) groups excluding carboxylic acids is 1. The van der Waals surface area contributed by atoms with Gasteiger partial charge in [-0.3, -0.25) is 0 Å². The van der Waals surface area contributed by atoms with Gasteiger partial charge in [0, 0.05) is 0 Å². The normalized spacial score (nSPS) is 12.6. The molecule has 19 heavy (non-hydrogen) atoms. The number of aliphatic hydroxyl groups is 1. The maximum Gasteiger partial charge on any atom is 0.408 e. The van der Waals surface area contributed by atoms with Crippen LogP contribution >= 0.6 is 0 Å². The third-order valence-electron chi connectivity index (χ3n) is 2.44. The van der Waals surface area contributed by atoms with Crippen LogP contribution in [0.4, 0.5) is 4.79 Å². The summed E-state index contributed by atoms with van der Waals surface area (Å²) in [5.41, 5.74) is 0.949. The van der Waals surface area contributed by atoms with E-state index in [-0.39, 0.29) is 6.61 Å². The van der Waals surface area contributed by atoms with Crippen molar-refractivity contribution in [1.82, 2.24) is 5.32 Å². The third kappa shape index (κ3) is 5.14. The molecule has 0 fully saturated rings. The van der Waals surface area contributed by atoms with Gasteiger partial charge in [0.05, 0.1) is 12.6 Å². The van der Waals surface area contributed by atoms with Gasteiger partial charge in [-0.1, -0.05) is 36.9 Å². The Hall–Kier alpha value is -1.81. The number of hydrogen-bond donors (Lipinski definition) is 2. The van der Waals surface area contributed by atoms with E-state index in [1.54, 1.807) is 20.8 Å². The van der Waals surface area contributed by atoms with Gasteiger partial charge in [-0.25, -0.2) is 4.79 Å². The number of alkyl carbamates (subject to hydrolysis) is 1. The molecule has 0 aromatic heterocycles. The average molecular weight is 263 g/mol. The Morgan fingerprint density at radius 1 is 1.37 bits per heavy atom. The molecule has 0 radical (unpaired) electrons. The van der Waals surface area contributed by atoms with E-state index in [0.717, 1.165) is 5.56 Å². The van der Waals surface area contributed by atoms with Crippen LogP contribution in [-0.4, -0.2) is 29.4 Å². The molecule has 0 aliphatic rings. The minimum Gasteiger partial charge on any atom is -0.444 e. The number of nitrogens with one attached hydrogen (secondary N) is 1. The van der Waals surface area contributed by atoms with Crippen LogP contribution in [0, 0.1) is 0 Å². The summed E-state index contributed by atoms with van der Waals surface area (Å²) < 4.78 is 5.15. The van der Waals surface area contributed by atoms with Crippen molar-refractivity contribution in [3.8, 4) is 0 Å². The lowest BCUT2D eigenvalue weighted by Crippen LogP contribution is -2.41. The first-order valence-electron chi connectivity index (χ1n) is 6.18. The molecule has 1 atom stereocenters. The van der Waals surface area contributed by atoms with Gasteiger partial charge >= 0.3 is 6.09 Å². The maximum atomic E-state index is 11.7. The van der Waals surface area contributed by atoms with Crippen LogP contribution in [0.15, 0.2) is 36.9 Å². The molecule has 1 amide bonds. The lowest BCUT2D eigenvalue weighted by molar-refractivity contribution is 0.0501. The maximum absolute atomic E-state index is 11.7. The lowest BCUT2D eigenvalue weighted by Gasteiger charge is -2.24. The van der Waals surface area contributed by atoms with Crippen molar-refractivity contribution in [2.45, 2.75) is 32.4 Å². The zero-order valence-corrected chi connectivity index (χ0v) is 11.6. The summed E-state index contributed by atoms with van der Waals surface area (Å²) in [6.07, 6.45) is -0.566. The molecule has 4 heteroatoms. The second-order valence-corrected chi connectivity index (χ2v) is 5.27. The van der Waals surface area contributed by atoms with Crippen molar-refractivity contribution in [1.29, 1.82) is 0 Å². The van der Waals surface area contributed by atoms with Crippen LogP contribution in [0.3, 0.4) is 0 Å². The van der Waals surface area contributed by atoms with Gasteiger partial charge in [-0.05, 0) is 31.9 Å².